The number of carbonyl (C=O) groups is 2. The summed E-state index contributed by atoms with van der Waals surface area (Å²) in [6, 6.07) is 7.21. The molecule has 28 heavy (non-hydrogen) atoms. The average molecular weight is 406 g/mol. The minimum atomic E-state index is -3.09. The van der Waals surface area contributed by atoms with E-state index in [9.17, 15) is 22.4 Å². The molecule has 2 fully saturated rings. The van der Waals surface area contributed by atoms with Crippen molar-refractivity contribution in [2.75, 3.05) is 28.3 Å². The zero-order chi connectivity index (χ0) is 19.9. The second-order valence-electron chi connectivity index (χ2n) is 7.06. The van der Waals surface area contributed by atoms with Gasteiger partial charge in [0.25, 0.3) is 0 Å². The third-order valence-corrected chi connectivity index (χ3v) is 6.87. The maximum absolute atomic E-state index is 14.0. The number of nitrogens with one attached hydrogen (secondary N) is 1. The van der Waals surface area contributed by atoms with E-state index in [0.29, 0.717) is 12.2 Å². The Morgan fingerprint density at radius 1 is 1.25 bits per heavy atom. The molecule has 2 aliphatic heterocycles. The molecule has 8 nitrogen and oxygen atoms in total. The Hall–Kier alpha value is -2.75. The second kappa shape index (κ2) is 7.01. The summed E-state index contributed by atoms with van der Waals surface area (Å²) in [5.74, 6) is -1.38. The number of hydrogen-bond acceptors (Lipinski definition) is 5. The molecule has 0 spiro atoms. The summed E-state index contributed by atoms with van der Waals surface area (Å²) in [4.78, 5) is 26.2. The molecular weight excluding hydrogens is 387 g/mol. The monoisotopic (exact) mass is 406 g/mol. The smallest absolute Gasteiger partial charge is 0.230 e. The van der Waals surface area contributed by atoms with Crippen LogP contribution in [0.1, 0.15) is 18.9 Å². The molecule has 1 N–H and O–H groups in total. The molecule has 10 heteroatoms. The molecule has 2 aliphatic rings. The first-order valence-electron chi connectivity index (χ1n) is 8.94. The van der Waals surface area contributed by atoms with E-state index in [1.54, 1.807) is 12.1 Å². The van der Waals surface area contributed by atoms with E-state index in [1.165, 1.54) is 34.0 Å². The standard InChI is InChI=1S/C18H19FN4O4S/c19-14-3-1-2-4-15(14)22-10-12(9-17(22)24)18(25)21-16-5-7-20-23(16)13-6-8-28(26,27)11-13/h1-5,7,12-13H,6,8-11H2,(H,21,25)/t12-,13+/m0/s1. The Labute approximate surface area is 161 Å². The summed E-state index contributed by atoms with van der Waals surface area (Å²) in [7, 11) is -3.09. The third-order valence-electron chi connectivity index (χ3n) is 5.11. The van der Waals surface area contributed by atoms with Gasteiger partial charge in [-0.05, 0) is 18.6 Å². The van der Waals surface area contributed by atoms with Gasteiger partial charge in [0.15, 0.2) is 9.84 Å². The first-order valence-corrected chi connectivity index (χ1v) is 10.8. The molecule has 0 saturated carbocycles. The van der Waals surface area contributed by atoms with Crippen LogP contribution in [0.25, 0.3) is 0 Å². The topological polar surface area (TPSA) is 101 Å². The van der Waals surface area contributed by atoms with Gasteiger partial charge >= 0.3 is 0 Å². The molecule has 1 aromatic heterocycles. The number of carbonyl (C=O) groups excluding carboxylic acids is 2. The van der Waals surface area contributed by atoms with E-state index in [2.05, 4.69) is 10.4 Å². The van der Waals surface area contributed by atoms with E-state index >= 15 is 0 Å². The van der Waals surface area contributed by atoms with E-state index in [4.69, 9.17) is 0 Å². The van der Waals surface area contributed by atoms with Gasteiger partial charge in [0.05, 0.1) is 35.3 Å². The van der Waals surface area contributed by atoms with Crippen LogP contribution in [0.4, 0.5) is 15.9 Å². The highest BCUT2D eigenvalue weighted by Crippen LogP contribution is 2.29. The number of sulfone groups is 1. The maximum atomic E-state index is 14.0. The van der Waals surface area contributed by atoms with Gasteiger partial charge in [0.2, 0.25) is 11.8 Å². The fraction of sp³-hybridized carbons (Fsp3) is 0.389. The summed E-state index contributed by atoms with van der Waals surface area (Å²) in [5, 5.41) is 6.88. The number of amides is 2. The molecule has 148 valence electrons. The van der Waals surface area contributed by atoms with Gasteiger partial charge in [-0.3, -0.25) is 9.59 Å². The van der Waals surface area contributed by atoms with Crippen LogP contribution in [0.2, 0.25) is 0 Å². The Bertz CT molecular complexity index is 1040. The van der Waals surface area contributed by atoms with Crippen LogP contribution < -0.4 is 10.2 Å². The lowest BCUT2D eigenvalue weighted by molar-refractivity contribution is -0.122. The minimum Gasteiger partial charge on any atom is -0.311 e. The molecule has 2 saturated heterocycles. The van der Waals surface area contributed by atoms with Crippen molar-refractivity contribution in [3.8, 4) is 0 Å². The number of halogens is 1. The van der Waals surface area contributed by atoms with Gasteiger partial charge < -0.3 is 10.2 Å². The highest BCUT2D eigenvalue weighted by Gasteiger charge is 2.37. The maximum Gasteiger partial charge on any atom is 0.230 e. The van der Waals surface area contributed by atoms with Crippen molar-refractivity contribution < 1.29 is 22.4 Å². The first-order chi connectivity index (χ1) is 13.3. The van der Waals surface area contributed by atoms with Crippen LogP contribution in [0, 0.1) is 11.7 Å². The normalized spacial score (nSPS) is 23.9. The summed E-state index contributed by atoms with van der Waals surface area (Å²) in [6.07, 6.45) is 1.91. The number of para-hydroxylation sites is 1. The highest BCUT2D eigenvalue weighted by molar-refractivity contribution is 7.91. The lowest BCUT2D eigenvalue weighted by Gasteiger charge is -2.18. The third kappa shape index (κ3) is 3.51. The van der Waals surface area contributed by atoms with E-state index in [0.717, 1.165) is 0 Å². The molecule has 4 rings (SSSR count). The van der Waals surface area contributed by atoms with Crippen molar-refractivity contribution >= 4 is 33.2 Å². The fourth-order valence-corrected chi connectivity index (χ4v) is 5.38. The number of anilines is 2. The molecule has 0 aliphatic carbocycles. The van der Waals surface area contributed by atoms with Gasteiger partial charge in [0, 0.05) is 19.0 Å². The average Bonchev–Trinajstić information content (AvgIpc) is 3.34. The van der Waals surface area contributed by atoms with Crippen molar-refractivity contribution in [1.29, 1.82) is 0 Å². The van der Waals surface area contributed by atoms with Crippen LogP contribution in [-0.2, 0) is 19.4 Å². The zero-order valence-corrected chi connectivity index (χ0v) is 15.7. The predicted molar refractivity (Wildman–Crippen MR) is 100 cm³/mol. The molecule has 2 aromatic rings. The van der Waals surface area contributed by atoms with Crippen LogP contribution in [0.15, 0.2) is 36.5 Å². The number of benzene rings is 1. The lowest BCUT2D eigenvalue weighted by atomic mass is 10.1. The quantitative estimate of drug-likeness (QED) is 0.827. The van der Waals surface area contributed by atoms with E-state index in [1.807, 2.05) is 0 Å². The Balaban J connectivity index is 1.46. The summed E-state index contributed by atoms with van der Waals surface area (Å²) in [5.41, 5.74) is 0.156. The number of nitrogens with zero attached hydrogens (tertiary/aromatic N) is 3. The van der Waals surface area contributed by atoms with Crippen LogP contribution in [0.3, 0.4) is 0 Å². The molecule has 0 unspecified atom stereocenters. The second-order valence-corrected chi connectivity index (χ2v) is 9.29. The zero-order valence-electron chi connectivity index (χ0n) is 14.9. The predicted octanol–water partition coefficient (Wildman–Crippen LogP) is 1.37. The molecule has 0 bridgehead atoms. The summed E-state index contributed by atoms with van der Waals surface area (Å²) in [6.45, 7) is 0.0809. The van der Waals surface area contributed by atoms with Gasteiger partial charge in [0.1, 0.15) is 11.6 Å². The first kappa shape index (κ1) is 18.6. The molecule has 0 radical (unpaired) electrons. The summed E-state index contributed by atoms with van der Waals surface area (Å²) < 4.78 is 38.9. The summed E-state index contributed by atoms with van der Waals surface area (Å²) >= 11 is 0. The fourth-order valence-electron chi connectivity index (χ4n) is 3.69. The molecule has 1 aromatic carbocycles. The van der Waals surface area contributed by atoms with E-state index in [-0.39, 0.29) is 48.0 Å². The van der Waals surface area contributed by atoms with Crippen molar-refractivity contribution in [3.05, 3.63) is 42.3 Å². The van der Waals surface area contributed by atoms with Gasteiger partial charge in [-0.15, -0.1) is 0 Å². The number of aromatic nitrogens is 2. The SMILES string of the molecule is O=C(Nc1ccnn1[C@@H]1CCS(=O)(=O)C1)[C@H]1CC(=O)N(c2ccccc2F)C1. The van der Waals surface area contributed by atoms with Crippen molar-refractivity contribution in [2.24, 2.45) is 5.92 Å². The Kier molecular flexibility index (Phi) is 4.66. The van der Waals surface area contributed by atoms with Crippen molar-refractivity contribution in [1.82, 2.24) is 9.78 Å². The highest BCUT2D eigenvalue weighted by atomic mass is 32.2. The Morgan fingerprint density at radius 2 is 2.04 bits per heavy atom. The van der Waals surface area contributed by atoms with Crippen LogP contribution in [0.5, 0.6) is 0 Å². The number of hydrogen-bond donors (Lipinski definition) is 1. The molecule has 2 atom stereocenters. The number of rotatable bonds is 4. The van der Waals surface area contributed by atoms with Crippen LogP contribution >= 0.6 is 0 Å². The van der Waals surface area contributed by atoms with Gasteiger partial charge in [-0.1, -0.05) is 12.1 Å². The Morgan fingerprint density at radius 3 is 2.75 bits per heavy atom. The van der Waals surface area contributed by atoms with Crippen molar-refractivity contribution in [3.63, 3.8) is 0 Å². The van der Waals surface area contributed by atoms with Gasteiger partial charge in [-0.25, -0.2) is 17.5 Å². The van der Waals surface area contributed by atoms with Gasteiger partial charge in [-0.2, -0.15) is 5.10 Å². The molecule has 3 heterocycles. The van der Waals surface area contributed by atoms with Crippen LogP contribution in [-0.4, -0.2) is 48.1 Å². The molecule has 2 amide bonds. The minimum absolute atomic E-state index is 0.0134. The molecular formula is C18H19FN4O4S. The van der Waals surface area contributed by atoms with E-state index < -0.39 is 21.6 Å². The van der Waals surface area contributed by atoms with Crippen molar-refractivity contribution in [2.45, 2.75) is 18.9 Å². The largest absolute Gasteiger partial charge is 0.311 e. The lowest BCUT2D eigenvalue weighted by Crippen LogP contribution is -2.29.